The molecule has 5 nitrogen and oxygen atoms in total. The molecule has 0 aromatic carbocycles. The zero-order valence-electron chi connectivity index (χ0n) is 8.75. The van der Waals surface area contributed by atoms with E-state index in [0.29, 0.717) is 12.4 Å². The SMILES string of the molecule is CCc1cc(NC(=O)[C@H]2CCCO2)n[nH]1. The third kappa shape index (κ3) is 2.36. The smallest absolute Gasteiger partial charge is 0.254 e. The number of nitrogens with zero attached hydrogens (tertiary/aromatic N) is 1. The molecule has 1 aliphatic rings. The van der Waals surface area contributed by atoms with E-state index in [-0.39, 0.29) is 12.0 Å². The molecule has 1 fully saturated rings. The molecule has 2 N–H and O–H groups in total. The molecule has 0 radical (unpaired) electrons. The lowest BCUT2D eigenvalue weighted by molar-refractivity contribution is -0.124. The van der Waals surface area contributed by atoms with Gasteiger partial charge in [-0.2, -0.15) is 5.10 Å². The Labute approximate surface area is 88.2 Å². The van der Waals surface area contributed by atoms with Crippen molar-refractivity contribution in [2.24, 2.45) is 0 Å². The highest BCUT2D eigenvalue weighted by Gasteiger charge is 2.23. The number of hydrogen-bond donors (Lipinski definition) is 2. The summed E-state index contributed by atoms with van der Waals surface area (Å²) >= 11 is 0. The second kappa shape index (κ2) is 4.44. The van der Waals surface area contributed by atoms with E-state index in [1.807, 2.05) is 13.0 Å². The van der Waals surface area contributed by atoms with Crippen LogP contribution in [0.4, 0.5) is 5.82 Å². The molecular formula is C10H15N3O2. The first kappa shape index (κ1) is 10.2. The molecule has 0 saturated carbocycles. The Kier molecular flexibility index (Phi) is 3.01. The molecule has 82 valence electrons. The summed E-state index contributed by atoms with van der Waals surface area (Å²) in [5.74, 6) is 0.481. The van der Waals surface area contributed by atoms with E-state index in [2.05, 4.69) is 15.5 Å². The number of aryl methyl sites for hydroxylation is 1. The average molecular weight is 209 g/mol. The molecular weight excluding hydrogens is 194 g/mol. The number of hydrogen-bond acceptors (Lipinski definition) is 3. The quantitative estimate of drug-likeness (QED) is 0.783. The number of aromatic amines is 1. The lowest BCUT2D eigenvalue weighted by Gasteiger charge is -2.07. The summed E-state index contributed by atoms with van der Waals surface area (Å²) in [6, 6.07) is 1.84. The Morgan fingerprint density at radius 1 is 1.80 bits per heavy atom. The highest BCUT2D eigenvalue weighted by Crippen LogP contribution is 2.14. The van der Waals surface area contributed by atoms with Crippen molar-refractivity contribution < 1.29 is 9.53 Å². The van der Waals surface area contributed by atoms with Gasteiger partial charge in [0, 0.05) is 18.4 Å². The van der Waals surface area contributed by atoms with Crippen molar-refractivity contribution in [1.29, 1.82) is 0 Å². The summed E-state index contributed by atoms with van der Waals surface area (Å²) in [5.41, 5.74) is 1.01. The van der Waals surface area contributed by atoms with E-state index in [4.69, 9.17) is 4.74 Å². The average Bonchev–Trinajstić information content (AvgIpc) is 2.87. The van der Waals surface area contributed by atoms with E-state index in [0.717, 1.165) is 25.0 Å². The minimum absolute atomic E-state index is 0.0957. The van der Waals surface area contributed by atoms with Gasteiger partial charge in [0.2, 0.25) is 0 Å². The van der Waals surface area contributed by atoms with Crippen LogP contribution in [0.3, 0.4) is 0 Å². The molecule has 5 heteroatoms. The van der Waals surface area contributed by atoms with Crippen LogP contribution < -0.4 is 5.32 Å². The summed E-state index contributed by atoms with van der Waals surface area (Å²) in [4.78, 5) is 11.6. The maximum atomic E-state index is 11.6. The third-order valence-electron chi connectivity index (χ3n) is 2.49. The second-order valence-corrected chi connectivity index (χ2v) is 3.62. The Hall–Kier alpha value is -1.36. The zero-order chi connectivity index (χ0) is 10.7. The van der Waals surface area contributed by atoms with Gasteiger partial charge in [0.05, 0.1) is 0 Å². The van der Waals surface area contributed by atoms with Crippen molar-refractivity contribution in [1.82, 2.24) is 10.2 Å². The van der Waals surface area contributed by atoms with E-state index in [1.54, 1.807) is 0 Å². The lowest BCUT2D eigenvalue weighted by atomic mass is 10.2. The molecule has 0 aliphatic carbocycles. The van der Waals surface area contributed by atoms with Crippen molar-refractivity contribution >= 4 is 11.7 Å². The number of aromatic nitrogens is 2. The van der Waals surface area contributed by atoms with E-state index < -0.39 is 0 Å². The van der Waals surface area contributed by atoms with Gasteiger partial charge < -0.3 is 10.1 Å². The van der Waals surface area contributed by atoms with Crippen molar-refractivity contribution in [2.45, 2.75) is 32.3 Å². The fourth-order valence-electron chi connectivity index (χ4n) is 1.60. The molecule has 0 bridgehead atoms. The van der Waals surface area contributed by atoms with E-state index >= 15 is 0 Å². The van der Waals surface area contributed by atoms with E-state index in [1.165, 1.54) is 0 Å². The maximum absolute atomic E-state index is 11.6. The fourth-order valence-corrected chi connectivity index (χ4v) is 1.60. The van der Waals surface area contributed by atoms with Crippen molar-refractivity contribution in [3.8, 4) is 0 Å². The number of amides is 1. The van der Waals surface area contributed by atoms with Gasteiger partial charge >= 0.3 is 0 Å². The van der Waals surface area contributed by atoms with Crippen LogP contribution in [0, 0.1) is 0 Å². The first-order valence-electron chi connectivity index (χ1n) is 5.26. The van der Waals surface area contributed by atoms with Gasteiger partial charge in [-0.25, -0.2) is 0 Å². The molecule has 0 unspecified atom stereocenters. The van der Waals surface area contributed by atoms with Crippen LogP contribution in [0.1, 0.15) is 25.5 Å². The molecule has 2 rings (SSSR count). The monoisotopic (exact) mass is 209 g/mol. The lowest BCUT2D eigenvalue weighted by Crippen LogP contribution is -2.26. The molecule has 1 amide bonds. The second-order valence-electron chi connectivity index (χ2n) is 3.62. The summed E-state index contributed by atoms with van der Waals surface area (Å²) < 4.78 is 5.27. The summed E-state index contributed by atoms with van der Waals surface area (Å²) in [6.45, 7) is 2.71. The largest absolute Gasteiger partial charge is 0.368 e. The van der Waals surface area contributed by atoms with Gasteiger partial charge in [-0.3, -0.25) is 9.89 Å². The van der Waals surface area contributed by atoms with E-state index in [9.17, 15) is 4.79 Å². The number of H-pyrrole nitrogens is 1. The molecule has 1 aromatic heterocycles. The summed E-state index contributed by atoms with van der Waals surface area (Å²) in [7, 11) is 0. The Morgan fingerprint density at radius 3 is 3.27 bits per heavy atom. The number of anilines is 1. The first-order valence-corrected chi connectivity index (χ1v) is 5.26. The van der Waals surface area contributed by atoms with Crippen LogP contribution in [-0.4, -0.2) is 28.8 Å². The van der Waals surface area contributed by atoms with Crippen LogP contribution >= 0.6 is 0 Å². The maximum Gasteiger partial charge on any atom is 0.254 e. The molecule has 0 spiro atoms. The topological polar surface area (TPSA) is 67.0 Å². The van der Waals surface area contributed by atoms with Gasteiger partial charge in [-0.1, -0.05) is 6.92 Å². The molecule has 2 heterocycles. The predicted molar refractivity (Wildman–Crippen MR) is 55.6 cm³/mol. The molecule has 1 atom stereocenters. The van der Waals surface area contributed by atoms with Gasteiger partial charge in [-0.05, 0) is 19.3 Å². The minimum atomic E-state index is -0.299. The third-order valence-corrected chi connectivity index (χ3v) is 2.49. The van der Waals surface area contributed by atoms with Crippen LogP contribution in [0.15, 0.2) is 6.07 Å². The molecule has 15 heavy (non-hydrogen) atoms. The summed E-state index contributed by atoms with van der Waals surface area (Å²) in [5, 5.41) is 9.56. The molecule has 1 saturated heterocycles. The predicted octanol–water partition coefficient (Wildman–Crippen LogP) is 1.09. The van der Waals surface area contributed by atoms with Crippen LogP contribution in [0.25, 0.3) is 0 Å². The Morgan fingerprint density at radius 2 is 2.67 bits per heavy atom. The van der Waals surface area contributed by atoms with Gasteiger partial charge in [-0.15, -0.1) is 0 Å². The molecule has 1 aromatic rings. The minimum Gasteiger partial charge on any atom is -0.368 e. The van der Waals surface area contributed by atoms with Crippen LogP contribution in [0.5, 0.6) is 0 Å². The van der Waals surface area contributed by atoms with Crippen LogP contribution in [-0.2, 0) is 16.0 Å². The number of ether oxygens (including phenoxy) is 1. The first-order chi connectivity index (χ1) is 7.29. The van der Waals surface area contributed by atoms with Crippen molar-refractivity contribution in [2.75, 3.05) is 11.9 Å². The Bertz CT molecular complexity index is 342. The molecule has 1 aliphatic heterocycles. The summed E-state index contributed by atoms with van der Waals surface area (Å²) in [6.07, 6.45) is 2.34. The number of rotatable bonds is 3. The fraction of sp³-hybridized carbons (Fsp3) is 0.600. The number of nitrogens with one attached hydrogen (secondary N) is 2. The van der Waals surface area contributed by atoms with Crippen molar-refractivity contribution in [3.05, 3.63) is 11.8 Å². The number of carbonyl (C=O) groups excluding carboxylic acids is 1. The highest BCUT2D eigenvalue weighted by atomic mass is 16.5. The van der Waals surface area contributed by atoms with Crippen LogP contribution in [0.2, 0.25) is 0 Å². The van der Waals surface area contributed by atoms with Gasteiger partial charge in [0.1, 0.15) is 6.10 Å². The highest BCUT2D eigenvalue weighted by molar-refractivity contribution is 5.93. The van der Waals surface area contributed by atoms with Gasteiger partial charge in [0.25, 0.3) is 5.91 Å². The number of carbonyl (C=O) groups is 1. The standard InChI is InChI=1S/C10H15N3O2/c1-2-7-6-9(13-12-7)11-10(14)8-4-3-5-15-8/h6,8H,2-5H2,1H3,(H2,11,12,13,14)/t8-/m1/s1. The van der Waals surface area contributed by atoms with Crippen molar-refractivity contribution in [3.63, 3.8) is 0 Å². The van der Waals surface area contributed by atoms with Gasteiger partial charge in [0.15, 0.2) is 5.82 Å². The zero-order valence-corrected chi connectivity index (χ0v) is 8.75. The Balaban J connectivity index is 1.92. The normalized spacial score (nSPS) is 20.5.